The summed E-state index contributed by atoms with van der Waals surface area (Å²) >= 11 is 0. The second-order valence-electron chi connectivity index (χ2n) is 4.80. The van der Waals surface area contributed by atoms with E-state index >= 15 is 0 Å². The van der Waals surface area contributed by atoms with E-state index in [0.29, 0.717) is 16.9 Å². The number of anilines is 2. The number of nitrogens with one attached hydrogen (secondary N) is 2. The Balaban J connectivity index is 1.95. The van der Waals surface area contributed by atoms with Crippen molar-refractivity contribution in [2.75, 3.05) is 16.3 Å². The minimum absolute atomic E-state index is 0.129. The molecule has 22 heavy (non-hydrogen) atoms. The Labute approximate surface area is 128 Å². The first-order valence-electron chi connectivity index (χ1n) is 6.44. The van der Waals surface area contributed by atoms with E-state index in [2.05, 4.69) is 10.0 Å². The number of halogens is 1. The van der Waals surface area contributed by atoms with Gasteiger partial charge in [0, 0.05) is 11.4 Å². The Morgan fingerprint density at radius 2 is 1.55 bits per heavy atom. The lowest BCUT2D eigenvalue weighted by molar-refractivity contribution is -0.115. The van der Waals surface area contributed by atoms with Crippen molar-refractivity contribution < 1.29 is 17.6 Å². The molecule has 2 aromatic rings. The van der Waals surface area contributed by atoms with E-state index in [9.17, 15) is 17.6 Å². The number of rotatable bonds is 5. The maximum atomic E-state index is 12.8. The highest BCUT2D eigenvalue weighted by atomic mass is 32.2. The molecule has 0 fully saturated rings. The smallest absolute Gasteiger partial charge is 0.229 e. The summed E-state index contributed by atoms with van der Waals surface area (Å²) < 4.78 is 37.3. The number of hydrogen-bond donors (Lipinski definition) is 2. The van der Waals surface area contributed by atoms with Crippen LogP contribution in [0.4, 0.5) is 15.8 Å². The highest BCUT2D eigenvalue weighted by Gasteiger charge is 2.05. The van der Waals surface area contributed by atoms with Crippen LogP contribution in [0.15, 0.2) is 48.5 Å². The fraction of sp³-hybridized carbons (Fsp3) is 0.133. The van der Waals surface area contributed by atoms with Gasteiger partial charge in [0.1, 0.15) is 5.82 Å². The topological polar surface area (TPSA) is 75.3 Å². The summed E-state index contributed by atoms with van der Waals surface area (Å²) in [5.41, 5.74) is 1.67. The minimum atomic E-state index is -3.33. The maximum absolute atomic E-state index is 12.8. The quantitative estimate of drug-likeness (QED) is 0.887. The van der Waals surface area contributed by atoms with Gasteiger partial charge in [-0.1, -0.05) is 12.1 Å². The van der Waals surface area contributed by atoms with E-state index in [1.54, 1.807) is 36.4 Å². The molecule has 0 bridgehead atoms. The predicted molar refractivity (Wildman–Crippen MR) is 83.6 cm³/mol. The number of carbonyl (C=O) groups excluding carboxylic acids is 1. The predicted octanol–water partition coefficient (Wildman–Crippen LogP) is 2.38. The van der Waals surface area contributed by atoms with Crippen LogP contribution >= 0.6 is 0 Å². The molecule has 7 heteroatoms. The van der Waals surface area contributed by atoms with E-state index in [-0.39, 0.29) is 18.1 Å². The van der Waals surface area contributed by atoms with Crippen molar-refractivity contribution in [1.82, 2.24) is 0 Å². The summed E-state index contributed by atoms with van der Waals surface area (Å²) in [6.07, 6.45) is 1.19. The van der Waals surface area contributed by atoms with Crippen LogP contribution in [0.5, 0.6) is 0 Å². The highest BCUT2D eigenvalue weighted by molar-refractivity contribution is 7.92. The van der Waals surface area contributed by atoms with Crippen LogP contribution < -0.4 is 10.0 Å². The van der Waals surface area contributed by atoms with E-state index in [0.717, 1.165) is 6.26 Å². The van der Waals surface area contributed by atoms with Crippen molar-refractivity contribution in [2.24, 2.45) is 0 Å². The summed E-state index contributed by atoms with van der Waals surface area (Å²) in [7, 11) is -3.33. The molecule has 0 aromatic heterocycles. The Morgan fingerprint density at radius 3 is 2.09 bits per heavy atom. The lowest BCUT2D eigenvalue weighted by Gasteiger charge is -2.07. The summed E-state index contributed by atoms with van der Waals surface area (Å²) in [5.74, 6) is -0.589. The van der Waals surface area contributed by atoms with Crippen molar-refractivity contribution in [3.05, 3.63) is 59.9 Å². The Morgan fingerprint density at radius 1 is 1.00 bits per heavy atom. The van der Waals surface area contributed by atoms with Crippen LogP contribution in [0.3, 0.4) is 0 Å². The second-order valence-corrected chi connectivity index (χ2v) is 6.55. The number of hydrogen-bond acceptors (Lipinski definition) is 3. The van der Waals surface area contributed by atoms with Crippen LogP contribution in [0.25, 0.3) is 0 Å². The molecular weight excluding hydrogens is 307 g/mol. The fourth-order valence-corrected chi connectivity index (χ4v) is 2.39. The normalized spacial score (nSPS) is 11.0. The van der Waals surface area contributed by atoms with Crippen LogP contribution in [-0.4, -0.2) is 20.6 Å². The largest absolute Gasteiger partial charge is 0.326 e. The van der Waals surface area contributed by atoms with Gasteiger partial charge >= 0.3 is 0 Å². The summed E-state index contributed by atoms with van der Waals surface area (Å²) in [6.45, 7) is 0. The van der Waals surface area contributed by atoms with Gasteiger partial charge in [0.05, 0.1) is 12.7 Å². The van der Waals surface area contributed by atoms with Crippen LogP contribution in [0.1, 0.15) is 5.56 Å². The lowest BCUT2D eigenvalue weighted by Crippen LogP contribution is -2.14. The van der Waals surface area contributed by atoms with E-state index in [4.69, 9.17) is 0 Å². The van der Waals surface area contributed by atoms with Crippen LogP contribution in [0.2, 0.25) is 0 Å². The SMILES string of the molecule is CS(=O)(=O)Nc1ccc(NC(=O)Cc2ccc(F)cc2)cc1. The van der Waals surface area contributed by atoms with Crippen molar-refractivity contribution in [3.8, 4) is 0 Å². The Hall–Kier alpha value is -2.41. The van der Waals surface area contributed by atoms with Crippen molar-refractivity contribution in [2.45, 2.75) is 6.42 Å². The standard InChI is InChI=1S/C15H15FN2O3S/c1-22(20,21)18-14-8-6-13(7-9-14)17-15(19)10-11-2-4-12(16)5-3-11/h2-9,18H,10H2,1H3,(H,17,19). The summed E-state index contributed by atoms with van der Waals surface area (Å²) in [6, 6.07) is 12.0. The Bertz CT molecular complexity index is 756. The third-order valence-electron chi connectivity index (χ3n) is 2.75. The molecule has 1 amide bonds. The third kappa shape index (κ3) is 5.17. The zero-order chi connectivity index (χ0) is 16.2. The highest BCUT2D eigenvalue weighted by Crippen LogP contribution is 2.15. The molecule has 0 unspecified atom stereocenters. The first-order valence-corrected chi connectivity index (χ1v) is 8.33. The number of benzene rings is 2. The van der Waals surface area contributed by atoms with Crippen LogP contribution in [-0.2, 0) is 21.2 Å². The molecule has 0 atom stereocenters. The fourth-order valence-electron chi connectivity index (χ4n) is 1.83. The van der Waals surface area contributed by atoms with Gasteiger partial charge in [-0.2, -0.15) is 0 Å². The zero-order valence-corrected chi connectivity index (χ0v) is 12.7. The maximum Gasteiger partial charge on any atom is 0.229 e. The van der Waals surface area contributed by atoms with E-state index in [1.807, 2.05) is 0 Å². The van der Waals surface area contributed by atoms with Gasteiger partial charge in [-0.05, 0) is 42.0 Å². The van der Waals surface area contributed by atoms with Gasteiger partial charge < -0.3 is 5.32 Å². The molecule has 5 nitrogen and oxygen atoms in total. The molecule has 0 spiro atoms. The lowest BCUT2D eigenvalue weighted by atomic mass is 10.1. The van der Waals surface area contributed by atoms with Gasteiger partial charge in [0.2, 0.25) is 15.9 Å². The monoisotopic (exact) mass is 322 g/mol. The first kappa shape index (κ1) is 16.0. The van der Waals surface area contributed by atoms with Crippen molar-refractivity contribution in [3.63, 3.8) is 0 Å². The van der Waals surface area contributed by atoms with Crippen molar-refractivity contribution in [1.29, 1.82) is 0 Å². The molecule has 2 rings (SSSR count). The minimum Gasteiger partial charge on any atom is -0.326 e. The summed E-state index contributed by atoms with van der Waals surface area (Å²) in [4.78, 5) is 11.9. The van der Waals surface area contributed by atoms with Gasteiger partial charge in [-0.15, -0.1) is 0 Å². The average Bonchev–Trinajstić information content (AvgIpc) is 2.42. The molecule has 0 aliphatic carbocycles. The van der Waals surface area contributed by atoms with E-state index < -0.39 is 10.0 Å². The zero-order valence-electron chi connectivity index (χ0n) is 11.8. The van der Waals surface area contributed by atoms with E-state index in [1.165, 1.54) is 12.1 Å². The number of amides is 1. The van der Waals surface area contributed by atoms with Gasteiger partial charge in [0.15, 0.2) is 0 Å². The molecule has 0 saturated heterocycles. The molecule has 0 aliphatic rings. The summed E-state index contributed by atoms with van der Waals surface area (Å²) in [5, 5.41) is 2.69. The molecule has 116 valence electrons. The average molecular weight is 322 g/mol. The molecule has 2 aromatic carbocycles. The molecule has 0 aliphatic heterocycles. The molecule has 2 N–H and O–H groups in total. The van der Waals surface area contributed by atoms with Gasteiger partial charge in [0.25, 0.3) is 0 Å². The third-order valence-corrected chi connectivity index (χ3v) is 3.36. The molecule has 0 radical (unpaired) electrons. The number of carbonyl (C=O) groups is 1. The van der Waals surface area contributed by atoms with Crippen molar-refractivity contribution >= 4 is 27.3 Å². The number of sulfonamides is 1. The van der Waals surface area contributed by atoms with Gasteiger partial charge in [-0.25, -0.2) is 12.8 Å². The first-order chi connectivity index (χ1) is 10.3. The van der Waals surface area contributed by atoms with Gasteiger partial charge in [-0.3, -0.25) is 9.52 Å². The Kier molecular flexibility index (Phi) is 4.77. The molecule has 0 saturated carbocycles. The molecule has 0 heterocycles. The second kappa shape index (κ2) is 6.57. The molecular formula is C15H15FN2O3S. The van der Waals surface area contributed by atoms with Crippen LogP contribution in [0, 0.1) is 5.82 Å².